The molecule has 0 aliphatic heterocycles. The molecule has 2 heterocycles. The molecule has 0 radical (unpaired) electrons. The van der Waals surface area contributed by atoms with Crippen LogP contribution in [-0.4, -0.2) is 31.4 Å². The average molecular weight is 430 g/mol. The largest absolute Gasteiger partial charge is 0.325 e. The lowest BCUT2D eigenvalue weighted by molar-refractivity contribution is -0.113. The predicted molar refractivity (Wildman–Crippen MR) is 124 cm³/mol. The van der Waals surface area contributed by atoms with Gasteiger partial charge in [-0.3, -0.25) is 14.3 Å². The molecule has 0 aliphatic carbocycles. The van der Waals surface area contributed by atoms with E-state index in [1.54, 1.807) is 12.4 Å². The molecule has 1 amide bonds. The molecule has 2 aromatic heterocycles. The minimum Gasteiger partial charge on any atom is -0.325 e. The average Bonchev–Trinajstić information content (AvgIpc) is 3.21. The van der Waals surface area contributed by atoms with Gasteiger partial charge in [-0.25, -0.2) is 0 Å². The molecule has 7 heteroatoms. The summed E-state index contributed by atoms with van der Waals surface area (Å²) in [5, 5.41) is 12.4. The second-order valence-electron chi connectivity index (χ2n) is 7.01. The molecule has 2 aromatic carbocycles. The lowest BCUT2D eigenvalue weighted by Gasteiger charge is -2.11. The number of anilines is 1. The van der Waals surface area contributed by atoms with Crippen LogP contribution in [-0.2, 0) is 17.8 Å². The number of amides is 1. The summed E-state index contributed by atoms with van der Waals surface area (Å²) in [6.45, 7) is 2.71. The van der Waals surface area contributed by atoms with Gasteiger partial charge in [0.2, 0.25) is 5.91 Å². The van der Waals surface area contributed by atoms with E-state index >= 15 is 0 Å². The molecular weight excluding hydrogens is 406 g/mol. The Morgan fingerprint density at radius 1 is 1.00 bits per heavy atom. The normalized spacial score (nSPS) is 10.7. The van der Waals surface area contributed by atoms with Crippen LogP contribution in [0.5, 0.6) is 0 Å². The SMILES string of the molecule is CCc1cccc(NC(=O)CSc2nnc(-c3cccnc3)n2Cc2ccccc2)c1. The fourth-order valence-electron chi connectivity index (χ4n) is 3.21. The lowest BCUT2D eigenvalue weighted by Crippen LogP contribution is -2.15. The van der Waals surface area contributed by atoms with Gasteiger partial charge in [0, 0.05) is 23.6 Å². The van der Waals surface area contributed by atoms with Gasteiger partial charge in [-0.2, -0.15) is 0 Å². The smallest absolute Gasteiger partial charge is 0.234 e. The van der Waals surface area contributed by atoms with Crippen molar-refractivity contribution < 1.29 is 4.79 Å². The maximum absolute atomic E-state index is 12.5. The van der Waals surface area contributed by atoms with Crippen LogP contribution in [0.25, 0.3) is 11.4 Å². The van der Waals surface area contributed by atoms with Crippen LogP contribution in [0, 0.1) is 0 Å². The first kappa shape index (κ1) is 20.8. The van der Waals surface area contributed by atoms with Crippen LogP contribution in [0.2, 0.25) is 0 Å². The van der Waals surface area contributed by atoms with Gasteiger partial charge in [0.1, 0.15) is 0 Å². The van der Waals surface area contributed by atoms with E-state index in [-0.39, 0.29) is 11.7 Å². The Hall–Kier alpha value is -3.45. The zero-order chi connectivity index (χ0) is 21.5. The van der Waals surface area contributed by atoms with Crippen molar-refractivity contribution in [3.8, 4) is 11.4 Å². The number of aryl methyl sites for hydroxylation is 1. The highest BCUT2D eigenvalue weighted by molar-refractivity contribution is 7.99. The van der Waals surface area contributed by atoms with Crippen LogP contribution in [0.1, 0.15) is 18.1 Å². The van der Waals surface area contributed by atoms with E-state index in [1.807, 2.05) is 53.1 Å². The molecule has 4 aromatic rings. The Bertz CT molecular complexity index is 1150. The molecule has 0 aliphatic rings. The lowest BCUT2D eigenvalue weighted by atomic mass is 10.1. The van der Waals surface area contributed by atoms with Gasteiger partial charge in [0.15, 0.2) is 11.0 Å². The predicted octanol–water partition coefficient (Wildman–Crippen LogP) is 4.68. The highest BCUT2D eigenvalue weighted by Gasteiger charge is 2.16. The molecule has 0 saturated carbocycles. The van der Waals surface area contributed by atoms with Crippen LogP contribution in [0.3, 0.4) is 0 Å². The van der Waals surface area contributed by atoms with E-state index in [2.05, 4.69) is 45.6 Å². The summed E-state index contributed by atoms with van der Waals surface area (Å²) in [5.41, 5.74) is 4.02. The molecule has 4 rings (SSSR count). The first-order valence-electron chi connectivity index (χ1n) is 10.1. The summed E-state index contributed by atoms with van der Waals surface area (Å²) in [4.78, 5) is 16.7. The number of carbonyl (C=O) groups is 1. The van der Waals surface area contributed by atoms with E-state index in [0.717, 1.165) is 29.1 Å². The van der Waals surface area contributed by atoms with Crippen LogP contribution < -0.4 is 5.32 Å². The molecule has 1 N–H and O–H groups in total. The van der Waals surface area contributed by atoms with Gasteiger partial charge in [0.05, 0.1) is 12.3 Å². The van der Waals surface area contributed by atoms with Crippen LogP contribution >= 0.6 is 11.8 Å². The second kappa shape index (κ2) is 10.0. The molecule has 31 heavy (non-hydrogen) atoms. The van der Waals surface area contributed by atoms with E-state index in [4.69, 9.17) is 0 Å². The van der Waals surface area contributed by atoms with Crippen molar-refractivity contribution >= 4 is 23.4 Å². The molecule has 0 fully saturated rings. The number of hydrogen-bond donors (Lipinski definition) is 1. The van der Waals surface area contributed by atoms with Crippen molar-refractivity contribution in [1.29, 1.82) is 0 Å². The van der Waals surface area contributed by atoms with Crippen LogP contribution in [0.15, 0.2) is 84.3 Å². The van der Waals surface area contributed by atoms with Crippen molar-refractivity contribution in [2.45, 2.75) is 25.0 Å². The summed E-state index contributed by atoms with van der Waals surface area (Å²) in [5.74, 6) is 0.905. The van der Waals surface area contributed by atoms with E-state index in [1.165, 1.54) is 17.3 Å². The topological polar surface area (TPSA) is 72.7 Å². The van der Waals surface area contributed by atoms with E-state index < -0.39 is 0 Å². The molecule has 0 spiro atoms. The molecule has 0 bridgehead atoms. The van der Waals surface area contributed by atoms with Crippen LogP contribution in [0.4, 0.5) is 5.69 Å². The van der Waals surface area contributed by atoms with Gasteiger partial charge in [-0.15, -0.1) is 10.2 Å². The number of nitrogens with one attached hydrogen (secondary N) is 1. The number of thioether (sulfide) groups is 1. The number of benzene rings is 2. The first-order chi connectivity index (χ1) is 15.2. The standard InChI is InChI=1S/C24H23N5OS/c1-2-18-10-6-12-21(14-18)26-22(30)17-31-24-28-27-23(20-11-7-13-25-15-20)29(24)16-19-8-4-3-5-9-19/h3-15H,2,16-17H2,1H3,(H,26,30). The van der Waals surface area contributed by atoms with Crippen molar-refractivity contribution in [1.82, 2.24) is 19.7 Å². The number of rotatable bonds is 8. The molecule has 0 saturated heterocycles. The van der Waals surface area contributed by atoms with Gasteiger partial charge in [0.25, 0.3) is 0 Å². The van der Waals surface area contributed by atoms with E-state index in [0.29, 0.717) is 11.7 Å². The fraction of sp³-hybridized carbons (Fsp3) is 0.167. The third-order valence-electron chi connectivity index (χ3n) is 4.77. The Balaban J connectivity index is 1.52. The number of pyridine rings is 1. The number of aromatic nitrogens is 4. The summed E-state index contributed by atoms with van der Waals surface area (Å²) in [6.07, 6.45) is 4.43. The third kappa shape index (κ3) is 5.38. The monoisotopic (exact) mass is 429 g/mol. The summed E-state index contributed by atoms with van der Waals surface area (Å²) in [7, 11) is 0. The van der Waals surface area contributed by atoms with Crippen molar-refractivity contribution in [2.75, 3.05) is 11.1 Å². The number of nitrogens with zero attached hydrogens (tertiary/aromatic N) is 4. The second-order valence-corrected chi connectivity index (χ2v) is 7.95. The fourth-order valence-corrected chi connectivity index (χ4v) is 3.95. The minimum absolute atomic E-state index is 0.0737. The Labute approximate surface area is 185 Å². The minimum atomic E-state index is -0.0737. The summed E-state index contributed by atoms with van der Waals surface area (Å²) < 4.78 is 2.03. The van der Waals surface area contributed by atoms with Gasteiger partial charge in [-0.1, -0.05) is 61.2 Å². The van der Waals surface area contributed by atoms with Crippen molar-refractivity contribution in [2.24, 2.45) is 0 Å². The highest BCUT2D eigenvalue weighted by Crippen LogP contribution is 2.25. The number of carbonyl (C=O) groups excluding carboxylic acids is 1. The van der Waals surface area contributed by atoms with Gasteiger partial charge >= 0.3 is 0 Å². The Kier molecular flexibility index (Phi) is 6.74. The first-order valence-corrected chi connectivity index (χ1v) is 11.1. The third-order valence-corrected chi connectivity index (χ3v) is 5.74. The number of hydrogen-bond acceptors (Lipinski definition) is 5. The van der Waals surface area contributed by atoms with Crippen molar-refractivity contribution in [3.63, 3.8) is 0 Å². The van der Waals surface area contributed by atoms with Gasteiger partial charge < -0.3 is 5.32 Å². The van der Waals surface area contributed by atoms with E-state index in [9.17, 15) is 4.79 Å². The molecular formula is C24H23N5OS. The van der Waals surface area contributed by atoms with Crippen molar-refractivity contribution in [3.05, 3.63) is 90.3 Å². The zero-order valence-corrected chi connectivity index (χ0v) is 18.0. The zero-order valence-electron chi connectivity index (χ0n) is 17.2. The summed E-state index contributed by atoms with van der Waals surface area (Å²) in [6, 6.07) is 21.9. The Morgan fingerprint density at radius 3 is 2.61 bits per heavy atom. The maximum Gasteiger partial charge on any atom is 0.234 e. The summed E-state index contributed by atoms with van der Waals surface area (Å²) >= 11 is 1.38. The molecule has 0 atom stereocenters. The maximum atomic E-state index is 12.5. The molecule has 156 valence electrons. The highest BCUT2D eigenvalue weighted by atomic mass is 32.2. The molecule has 0 unspecified atom stereocenters. The Morgan fingerprint density at radius 2 is 1.84 bits per heavy atom. The molecule has 6 nitrogen and oxygen atoms in total. The van der Waals surface area contributed by atoms with Gasteiger partial charge in [-0.05, 0) is 41.8 Å². The quantitative estimate of drug-likeness (QED) is 0.412.